The van der Waals surface area contributed by atoms with Gasteiger partial charge in [-0.15, -0.1) is 0 Å². The zero-order valence-electron chi connectivity index (χ0n) is 10.0. The second-order valence-electron chi connectivity index (χ2n) is 5.00. The van der Waals surface area contributed by atoms with Crippen LogP contribution in [0.25, 0.3) is 0 Å². The highest BCUT2D eigenvalue weighted by Gasteiger charge is 2.35. The summed E-state index contributed by atoms with van der Waals surface area (Å²) in [6.45, 7) is 6.93. The molecule has 0 radical (unpaired) electrons. The van der Waals surface area contributed by atoms with Crippen LogP contribution in [0.2, 0.25) is 0 Å². The third kappa shape index (κ3) is 2.94. The molecular weight excluding hydrogens is 190 g/mol. The summed E-state index contributed by atoms with van der Waals surface area (Å²) in [5, 5.41) is 12.2. The van der Waals surface area contributed by atoms with Crippen LogP contribution in [0.4, 0.5) is 0 Å². The lowest BCUT2D eigenvalue weighted by Gasteiger charge is -2.42. The molecule has 2 unspecified atom stereocenters. The Kier molecular flexibility index (Phi) is 4.14. The third-order valence-electron chi connectivity index (χ3n) is 4.10. The molecule has 1 fully saturated rings. The molecule has 1 aliphatic carbocycles. The SMILES string of the molecule is CCC1(CNC(C)C(C)C(=O)O)CCC1. The van der Waals surface area contributed by atoms with Crippen LogP contribution in [0, 0.1) is 11.3 Å². The molecule has 0 heterocycles. The second kappa shape index (κ2) is 4.97. The highest BCUT2D eigenvalue weighted by molar-refractivity contribution is 5.70. The third-order valence-corrected chi connectivity index (χ3v) is 4.10. The van der Waals surface area contributed by atoms with E-state index in [0.29, 0.717) is 5.41 Å². The van der Waals surface area contributed by atoms with Gasteiger partial charge < -0.3 is 10.4 Å². The van der Waals surface area contributed by atoms with Crippen molar-refractivity contribution >= 4 is 5.97 Å². The van der Waals surface area contributed by atoms with Gasteiger partial charge in [-0.3, -0.25) is 4.79 Å². The Morgan fingerprint density at radius 2 is 2.07 bits per heavy atom. The Hall–Kier alpha value is -0.570. The Morgan fingerprint density at radius 3 is 2.40 bits per heavy atom. The summed E-state index contributed by atoms with van der Waals surface area (Å²) < 4.78 is 0. The van der Waals surface area contributed by atoms with Gasteiger partial charge in [-0.25, -0.2) is 0 Å². The monoisotopic (exact) mass is 213 g/mol. The van der Waals surface area contributed by atoms with Crippen molar-refractivity contribution in [2.75, 3.05) is 6.54 Å². The number of hydrogen-bond acceptors (Lipinski definition) is 2. The summed E-state index contributed by atoms with van der Waals surface area (Å²) in [7, 11) is 0. The largest absolute Gasteiger partial charge is 0.481 e. The quantitative estimate of drug-likeness (QED) is 0.711. The average Bonchev–Trinajstić information content (AvgIpc) is 2.15. The maximum absolute atomic E-state index is 10.8. The van der Waals surface area contributed by atoms with Crippen molar-refractivity contribution in [3.05, 3.63) is 0 Å². The van der Waals surface area contributed by atoms with Crippen molar-refractivity contribution in [2.24, 2.45) is 11.3 Å². The summed E-state index contributed by atoms with van der Waals surface area (Å²) in [5.74, 6) is -1.02. The highest BCUT2D eigenvalue weighted by atomic mass is 16.4. The summed E-state index contributed by atoms with van der Waals surface area (Å²) in [4.78, 5) is 10.8. The first-order chi connectivity index (χ1) is 7.01. The topological polar surface area (TPSA) is 49.3 Å². The van der Waals surface area contributed by atoms with Gasteiger partial charge in [0.15, 0.2) is 0 Å². The molecule has 88 valence electrons. The van der Waals surface area contributed by atoms with E-state index in [1.54, 1.807) is 6.92 Å². The Labute approximate surface area is 92.3 Å². The molecule has 0 aromatic rings. The first kappa shape index (κ1) is 12.5. The molecule has 1 aliphatic rings. The fourth-order valence-electron chi connectivity index (χ4n) is 2.10. The molecule has 2 atom stereocenters. The van der Waals surface area contributed by atoms with E-state index in [9.17, 15) is 4.79 Å². The summed E-state index contributed by atoms with van der Waals surface area (Å²) >= 11 is 0. The van der Waals surface area contributed by atoms with Gasteiger partial charge in [-0.1, -0.05) is 20.3 Å². The predicted octanol–water partition coefficient (Wildman–Crippen LogP) is 2.27. The molecule has 1 saturated carbocycles. The maximum atomic E-state index is 10.8. The van der Waals surface area contributed by atoms with E-state index in [4.69, 9.17) is 5.11 Å². The van der Waals surface area contributed by atoms with Crippen molar-refractivity contribution in [3.63, 3.8) is 0 Å². The van der Waals surface area contributed by atoms with Crippen LogP contribution in [0.15, 0.2) is 0 Å². The van der Waals surface area contributed by atoms with Gasteiger partial charge in [-0.05, 0) is 31.6 Å². The fourth-order valence-corrected chi connectivity index (χ4v) is 2.10. The van der Waals surface area contributed by atoms with E-state index in [1.165, 1.54) is 25.7 Å². The van der Waals surface area contributed by atoms with Crippen molar-refractivity contribution in [2.45, 2.75) is 52.5 Å². The minimum Gasteiger partial charge on any atom is -0.481 e. The van der Waals surface area contributed by atoms with Crippen LogP contribution in [0.3, 0.4) is 0 Å². The van der Waals surface area contributed by atoms with E-state index in [1.807, 2.05) is 6.92 Å². The smallest absolute Gasteiger partial charge is 0.307 e. The number of hydrogen-bond donors (Lipinski definition) is 2. The first-order valence-electron chi connectivity index (χ1n) is 5.97. The summed E-state index contributed by atoms with van der Waals surface area (Å²) in [6.07, 6.45) is 5.13. The average molecular weight is 213 g/mol. The molecule has 0 aromatic carbocycles. The maximum Gasteiger partial charge on any atom is 0.307 e. The van der Waals surface area contributed by atoms with Gasteiger partial charge in [0, 0.05) is 12.6 Å². The highest BCUT2D eigenvalue weighted by Crippen LogP contribution is 2.43. The van der Waals surface area contributed by atoms with Gasteiger partial charge in [0.05, 0.1) is 5.92 Å². The fraction of sp³-hybridized carbons (Fsp3) is 0.917. The standard InChI is InChI=1S/C12H23NO2/c1-4-12(6-5-7-12)8-13-10(3)9(2)11(14)15/h9-10,13H,4-8H2,1-3H3,(H,14,15). The molecule has 0 saturated heterocycles. The van der Waals surface area contributed by atoms with Gasteiger partial charge in [-0.2, -0.15) is 0 Å². The Morgan fingerprint density at radius 1 is 1.47 bits per heavy atom. The van der Waals surface area contributed by atoms with E-state index < -0.39 is 5.97 Å². The Bertz CT molecular complexity index is 218. The molecule has 2 N–H and O–H groups in total. The predicted molar refractivity (Wildman–Crippen MR) is 60.8 cm³/mol. The van der Waals surface area contributed by atoms with Crippen LogP contribution in [0.5, 0.6) is 0 Å². The molecule has 0 amide bonds. The molecule has 0 bridgehead atoms. The number of carbonyl (C=O) groups is 1. The minimum atomic E-state index is -0.714. The number of nitrogens with one attached hydrogen (secondary N) is 1. The molecular formula is C12H23NO2. The zero-order valence-corrected chi connectivity index (χ0v) is 10.0. The first-order valence-corrected chi connectivity index (χ1v) is 5.97. The summed E-state index contributed by atoms with van der Waals surface area (Å²) in [6, 6.07) is 0.0616. The van der Waals surface area contributed by atoms with Crippen molar-refractivity contribution in [1.29, 1.82) is 0 Å². The number of carboxylic acid groups (broad SMARTS) is 1. The molecule has 0 aliphatic heterocycles. The van der Waals surface area contributed by atoms with Crippen LogP contribution in [-0.2, 0) is 4.79 Å². The van der Waals surface area contributed by atoms with Gasteiger partial charge in [0.1, 0.15) is 0 Å². The summed E-state index contributed by atoms with van der Waals surface area (Å²) in [5.41, 5.74) is 0.465. The van der Waals surface area contributed by atoms with Crippen molar-refractivity contribution < 1.29 is 9.90 Å². The van der Waals surface area contributed by atoms with Gasteiger partial charge >= 0.3 is 5.97 Å². The Balaban J connectivity index is 2.32. The normalized spacial score (nSPS) is 22.9. The number of carboxylic acids is 1. The second-order valence-corrected chi connectivity index (χ2v) is 5.00. The van der Waals surface area contributed by atoms with E-state index in [-0.39, 0.29) is 12.0 Å². The lowest BCUT2D eigenvalue weighted by molar-refractivity contribution is -0.142. The molecule has 0 aromatic heterocycles. The van der Waals surface area contributed by atoms with E-state index in [0.717, 1.165) is 6.54 Å². The lowest BCUT2D eigenvalue weighted by Crippen LogP contribution is -2.45. The van der Waals surface area contributed by atoms with Gasteiger partial charge in [0.2, 0.25) is 0 Å². The molecule has 3 heteroatoms. The lowest BCUT2D eigenvalue weighted by atomic mass is 9.67. The van der Waals surface area contributed by atoms with Gasteiger partial charge in [0.25, 0.3) is 0 Å². The van der Waals surface area contributed by atoms with Crippen LogP contribution < -0.4 is 5.32 Å². The van der Waals surface area contributed by atoms with Crippen LogP contribution in [-0.4, -0.2) is 23.7 Å². The van der Waals surface area contributed by atoms with Crippen LogP contribution in [0.1, 0.15) is 46.5 Å². The van der Waals surface area contributed by atoms with Crippen molar-refractivity contribution in [3.8, 4) is 0 Å². The zero-order chi connectivity index (χ0) is 11.5. The molecule has 1 rings (SSSR count). The molecule has 0 spiro atoms. The number of aliphatic carboxylic acids is 1. The van der Waals surface area contributed by atoms with Crippen LogP contribution >= 0.6 is 0 Å². The van der Waals surface area contributed by atoms with Crippen molar-refractivity contribution in [1.82, 2.24) is 5.32 Å². The number of rotatable bonds is 6. The van der Waals surface area contributed by atoms with E-state index in [2.05, 4.69) is 12.2 Å². The molecule has 3 nitrogen and oxygen atoms in total. The van der Waals surface area contributed by atoms with E-state index >= 15 is 0 Å². The minimum absolute atomic E-state index is 0.0616. The molecule has 15 heavy (non-hydrogen) atoms.